The lowest BCUT2D eigenvalue weighted by atomic mass is 9.98. The van der Waals surface area contributed by atoms with Crippen molar-refractivity contribution in [3.05, 3.63) is 80.2 Å². The fraction of sp³-hybridized carbons (Fsp3) is 0.318. The first-order chi connectivity index (χ1) is 13.1. The van der Waals surface area contributed by atoms with Crippen molar-refractivity contribution in [3.8, 4) is 0 Å². The van der Waals surface area contributed by atoms with Gasteiger partial charge in [-0.1, -0.05) is 36.4 Å². The molecule has 27 heavy (non-hydrogen) atoms. The van der Waals surface area contributed by atoms with Gasteiger partial charge in [-0.15, -0.1) is 22.7 Å². The van der Waals surface area contributed by atoms with Crippen molar-refractivity contribution in [2.75, 3.05) is 20.1 Å². The van der Waals surface area contributed by atoms with Crippen LogP contribution in [0.15, 0.2) is 59.3 Å². The molecule has 0 saturated heterocycles. The van der Waals surface area contributed by atoms with Crippen molar-refractivity contribution in [3.63, 3.8) is 0 Å². The maximum absolute atomic E-state index is 13.1. The molecule has 3 nitrogen and oxygen atoms in total. The van der Waals surface area contributed by atoms with Gasteiger partial charge >= 0.3 is 0 Å². The molecule has 1 amide bonds. The van der Waals surface area contributed by atoms with Gasteiger partial charge in [0.2, 0.25) is 5.91 Å². The highest BCUT2D eigenvalue weighted by Crippen LogP contribution is 2.39. The van der Waals surface area contributed by atoms with E-state index in [0.717, 1.165) is 13.0 Å². The Kier molecular flexibility index (Phi) is 5.43. The molecule has 0 bridgehead atoms. The first-order valence-corrected chi connectivity index (χ1v) is 11.1. The maximum Gasteiger partial charge on any atom is 0.237 e. The molecule has 0 fully saturated rings. The second-order valence-electron chi connectivity index (χ2n) is 7.03. The number of carbonyl (C=O) groups excluding carboxylic acids is 1. The molecular formula is C22H24N2OS2. The van der Waals surface area contributed by atoms with Gasteiger partial charge in [0.25, 0.3) is 0 Å². The molecular weight excluding hydrogens is 372 g/mol. The number of hydrogen-bond acceptors (Lipinski definition) is 4. The quantitative estimate of drug-likeness (QED) is 0.607. The van der Waals surface area contributed by atoms with Crippen LogP contribution >= 0.6 is 22.7 Å². The van der Waals surface area contributed by atoms with E-state index in [4.69, 9.17) is 0 Å². The standard InChI is InChI=1S/C22H24N2OS2/c1-16(17-7-4-3-5-8-17)23(2)21(25)15-24-12-10-19-18(11-14-27-19)22(24)20-9-6-13-26-20/h3-9,11,13-14,16,22H,10,12,15H2,1-2H3. The Bertz CT molecular complexity index is 888. The summed E-state index contributed by atoms with van der Waals surface area (Å²) in [5.41, 5.74) is 2.54. The smallest absolute Gasteiger partial charge is 0.237 e. The van der Waals surface area contributed by atoms with E-state index in [1.165, 1.54) is 20.9 Å². The molecule has 1 aliphatic rings. The summed E-state index contributed by atoms with van der Waals surface area (Å²) in [5.74, 6) is 0.173. The fourth-order valence-corrected chi connectivity index (χ4v) is 5.56. The zero-order chi connectivity index (χ0) is 18.8. The SMILES string of the molecule is CC(c1ccccc1)N(C)C(=O)CN1CCc2sccc2C1c1cccs1. The third-order valence-corrected chi connectivity index (χ3v) is 7.39. The van der Waals surface area contributed by atoms with E-state index >= 15 is 0 Å². The largest absolute Gasteiger partial charge is 0.338 e. The van der Waals surface area contributed by atoms with E-state index < -0.39 is 0 Å². The van der Waals surface area contributed by atoms with Crippen LogP contribution in [0.2, 0.25) is 0 Å². The van der Waals surface area contributed by atoms with Crippen molar-refractivity contribution in [2.24, 2.45) is 0 Å². The van der Waals surface area contributed by atoms with Crippen molar-refractivity contribution in [1.82, 2.24) is 9.80 Å². The number of nitrogens with zero attached hydrogens (tertiary/aromatic N) is 2. The molecule has 5 heteroatoms. The normalized spacial score (nSPS) is 18.1. The number of carbonyl (C=O) groups is 1. The van der Waals surface area contributed by atoms with Crippen molar-refractivity contribution < 1.29 is 4.79 Å². The molecule has 0 spiro atoms. The maximum atomic E-state index is 13.1. The van der Waals surface area contributed by atoms with Gasteiger partial charge in [-0.25, -0.2) is 0 Å². The number of rotatable bonds is 5. The van der Waals surface area contributed by atoms with Gasteiger partial charge in [0.05, 0.1) is 18.6 Å². The van der Waals surface area contributed by atoms with Crippen molar-refractivity contribution >= 4 is 28.6 Å². The Morgan fingerprint density at radius 2 is 1.96 bits per heavy atom. The zero-order valence-electron chi connectivity index (χ0n) is 15.7. The molecule has 140 valence electrons. The molecule has 0 N–H and O–H groups in total. The highest BCUT2D eigenvalue weighted by atomic mass is 32.1. The van der Waals surface area contributed by atoms with Crippen LogP contribution in [-0.2, 0) is 11.2 Å². The Morgan fingerprint density at radius 1 is 1.15 bits per heavy atom. The summed E-state index contributed by atoms with van der Waals surface area (Å²) in [5, 5.41) is 4.31. The number of likely N-dealkylation sites (N-methyl/N-ethyl adjacent to an activating group) is 1. The van der Waals surface area contributed by atoms with Crippen LogP contribution in [0, 0.1) is 0 Å². The second-order valence-corrected chi connectivity index (χ2v) is 9.01. The van der Waals surface area contributed by atoms with Crippen LogP contribution in [0.25, 0.3) is 0 Å². The van der Waals surface area contributed by atoms with Crippen molar-refractivity contribution in [2.45, 2.75) is 25.4 Å². The molecule has 0 radical (unpaired) electrons. The van der Waals surface area contributed by atoms with E-state index in [2.05, 4.69) is 52.9 Å². The van der Waals surface area contributed by atoms with Crippen LogP contribution in [-0.4, -0.2) is 35.8 Å². The average Bonchev–Trinajstić information content (AvgIpc) is 3.39. The minimum Gasteiger partial charge on any atom is -0.338 e. The van der Waals surface area contributed by atoms with E-state index in [0.29, 0.717) is 6.54 Å². The first kappa shape index (κ1) is 18.4. The molecule has 1 aromatic carbocycles. The predicted molar refractivity (Wildman–Crippen MR) is 113 cm³/mol. The van der Waals surface area contributed by atoms with Gasteiger partial charge in [0, 0.05) is 23.3 Å². The van der Waals surface area contributed by atoms with Crippen LogP contribution < -0.4 is 0 Å². The summed E-state index contributed by atoms with van der Waals surface area (Å²) in [6.07, 6.45) is 1.03. The zero-order valence-corrected chi connectivity index (χ0v) is 17.3. The van der Waals surface area contributed by atoms with Gasteiger partial charge < -0.3 is 4.90 Å². The van der Waals surface area contributed by atoms with Gasteiger partial charge in [0.1, 0.15) is 0 Å². The molecule has 0 aliphatic carbocycles. The van der Waals surface area contributed by atoms with Crippen LogP contribution in [0.3, 0.4) is 0 Å². The summed E-state index contributed by atoms with van der Waals surface area (Å²) in [4.78, 5) is 20.1. The summed E-state index contributed by atoms with van der Waals surface area (Å²) < 4.78 is 0. The van der Waals surface area contributed by atoms with Gasteiger partial charge in [0.15, 0.2) is 0 Å². The Labute approximate surface area is 168 Å². The molecule has 3 aromatic rings. The summed E-state index contributed by atoms with van der Waals surface area (Å²) in [6, 6.07) is 17.0. The molecule has 2 atom stereocenters. The molecule has 2 unspecified atom stereocenters. The molecule has 1 aliphatic heterocycles. The lowest BCUT2D eigenvalue weighted by molar-refractivity contribution is -0.133. The average molecular weight is 397 g/mol. The molecule has 0 saturated carbocycles. The molecule has 3 heterocycles. The number of thiophene rings is 2. The van der Waals surface area contributed by atoms with Gasteiger partial charge in [-0.3, -0.25) is 9.69 Å². The third-order valence-electron chi connectivity index (χ3n) is 5.47. The van der Waals surface area contributed by atoms with Crippen molar-refractivity contribution in [1.29, 1.82) is 0 Å². The fourth-order valence-electron chi connectivity index (χ4n) is 3.78. The highest BCUT2D eigenvalue weighted by molar-refractivity contribution is 7.10. The monoisotopic (exact) mass is 396 g/mol. The number of amides is 1. The number of hydrogen-bond donors (Lipinski definition) is 0. The van der Waals surface area contributed by atoms with E-state index in [1.54, 1.807) is 11.3 Å². The number of benzene rings is 1. The minimum absolute atomic E-state index is 0.0698. The lowest BCUT2D eigenvalue weighted by Crippen LogP contribution is -2.43. The van der Waals surface area contributed by atoms with Gasteiger partial charge in [-0.2, -0.15) is 0 Å². The van der Waals surface area contributed by atoms with E-state index in [-0.39, 0.29) is 18.0 Å². The van der Waals surface area contributed by atoms with Crippen LogP contribution in [0.1, 0.15) is 39.9 Å². The van der Waals surface area contributed by atoms with Gasteiger partial charge in [-0.05, 0) is 47.4 Å². The van der Waals surface area contributed by atoms with E-state index in [1.807, 2.05) is 41.5 Å². The van der Waals surface area contributed by atoms with E-state index in [9.17, 15) is 4.79 Å². The minimum atomic E-state index is 0.0698. The second kappa shape index (κ2) is 7.97. The lowest BCUT2D eigenvalue weighted by Gasteiger charge is -2.36. The molecule has 4 rings (SSSR count). The third kappa shape index (κ3) is 3.72. The Hall–Kier alpha value is -1.95. The first-order valence-electron chi connectivity index (χ1n) is 9.29. The van der Waals surface area contributed by atoms with Crippen LogP contribution in [0.5, 0.6) is 0 Å². The van der Waals surface area contributed by atoms with Crippen LogP contribution in [0.4, 0.5) is 0 Å². The summed E-state index contributed by atoms with van der Waals surface area (Å²) in [6.45, 7) is 3.47. The summed E-state index contributed by atoms with van der Waals surface area (Å²) in [7, 11) is 1.92. The Balaban J connectivity index is 1.53. The molecule has 2 aromatic heterocycles. The Morgan fingerprint density at radius 3 is 2.70 bits per heavy atom. The topological polar surface area (TPSA) is 23.6 Å². The predicted octanol–water partition coefficient (Wildman–Crippen LogP) is 4.98. The highest BCUT2D eigenvalue weighted by Gasteiger charge is 2.32. The number of fused-ring (bicyclic) bond motifs is 1. The summed E-state index contributed by atoms with van der Waals surface area (Å²) >= 11 is 3.62.